The van der Waals surface area contributed by atoms with Gasteiger partial charge in [0.25, 0.3) is 0 Å². The van der Waals surface area contributed by atoms with Gasteiger partial charge in [0, 0.05) is 24.5 Å². The van der Waals surface area contributed by atoms with Crippen LogP contribution in [0.2, 0.25) is 0 Å². The third kappa shape index (κ3) is 2.36. The van der Waals surface area contributed by atoms with Crippen LogP contribution in [0.3, 0.4) is 0 Å². The summed E-state index contributed by atoms with van der Waals surface area (Å²) in [6.45, 7) is 1.99. The van der Waals surface area contributed by atoms with Crippen LogP contribution in [0.4, 0.5) is 5.82 Å². The summed E-state index contributed by atoms with van der Waals surface area (Å²) in [5, 5.41) is 3.97. The van der Waals surface area contributed by atoms with Crippen LogP contribution in [0.25, 0.3) is 10.9 Å². The maximum absolute atomic E-state index is 11.8. The fourth-order valence-corrected chi connectivity index (χ4v) is 2.14. The lowest BCUT2D eigenvalue weighted by Crippen LogP contribution is -2.44. The van der Waals surface area contributed by atoms with Gasteiger partial charge in [-0.2, -0.15) is 0 Å². The quantitative estimate of drug-likeness (QED) is 0.908. The maximum Gasteiger partial charge on any atom is 0.241 e. The van der Waals surface area contributed by atoms with E-state index in [0.717, 1.165) is 36.2 Å². The van der Waals surface area contributed by atoms with E-state index < -0.39 is 0 Å². The highest BCUT2D eigenvalue weighted by atomic mass is 16.5. The molecule has 6 heteroatoms. The zero-order valence-electron chi connectivity index (χ0n) is 11.3. The average molecular weight is 272 g/mol. The van der Waals surface area contributed by atoms with Gasteiger partial charge in [-0.3, -0.25) is 4.79 Å². The van der Waals surface area contributed by atoms with Crippen LogP contribution < -0.4 is 10.1 Å². The van der Waals surface area contributed by atoms with Gasteiger partial charge in [0.15, 0.2) is 0 Å². The number of aromatic nitrogens is 2. The predicted octanol–water partition coefficient (Wildman–Crippen LogP) is 1.28. The Hall–Kier alpha value is -2.37. The molecule has 2 heterocycles. The van der Waals surface area contributed by atoms with Gasteiger partial charge in [-0.1, -0.05) is 0 Å². The molecule has 0 radical (unpaired) electrons. The van der Waals surface area contributed by atoms with Gasteiger partial charge in [-0.25, -0.2) is 9.97 Å². The molecule has 1 aliphatic heterocycles. The highest BCUT2D eigenvalue weighted by molar-refractivity contribution is 5.91. The van der Waals surface area contributed by atoms with Crippen molar-refractivity contribution in [3.63, 3.8) is 0 Å². The highest BCUT2D eigenvalue weighted by Crippen LogP contribution is 2.23. The summed E-state index contributed by atoms with van der Waals surface area (Å²) in [6, 6.07) is 5.60. The molecule has 6 nitrogen and oxygen atoms in total. The number of benzene rings is 1. The van der Waals surface area contributed by atoms with Crippen molar-refractivity contribution < 1.29 is 9.53 Å². The number of carbonyl (C=O) groups is 1. The van der Waals surface area contributed by atoms with E-state index >= 15 is 0 Å². The zero-order chi connectivity index (χ0) is 13.9. The molecule has 2 aromatic rings. The lowest BCUT2D eigenvalue weighted by atomic mass is 10.2. The standard InChI is InChI=1S/C14H16N4O2/c1-20-10-3-4-11-12(7-10)16-9-17-14(11)15-8-13(19)18-5-2-6-18/h3-4,7,9H,2,5-6,8H2,1H3,(H,15,16,17). The lowest BCUT2D eigenvalue weighted by molar-refractivity contribution is -0.132. The molecular formula is C14H16N4O2. The molecule has 0 aliphatic carbocycles. The Kier molecular flexibility index (Phi) is 3.37. The summed E-state index contributed by atoms with van der Waals surface area (Å²) < 4.78 is 5.17. The van der Waals surface area contributed by atoms with E-state index in [1.165, 1.54) is 6.33 Å². The Morgan fingerprint density at radius 1 is 1.40 bits per heavy atom. The molecule has 1 amide bonds. The van der Waals surface area contributed by atoms with Crippen LogP contribution in [0.15, 0.2) is 24.5 Å². The SMILES string of the molecule is COc1ccc2c(NCC(=O)N3CCC3)ncnc2c1. The van der Waals surface area contributed by atoms with E-state index in [4.69, 9.17) is 4.74 Å². The smallest absolute Gasteiger partial charge is 0.241 e. The summed E-state index contributed by atoms with van der Waals surface area (Å²) in [5.41, 5.74) is 0.790. The molecule has 0 atom stereocenters. The second-order valence-corrected chi connectivity index (χ2v) is 4.69. The van der Waals surface area contributed by atoms with Crippen molar-refractivity contribution in [1.82, 2.24) is 14.9 Å². The van der Waals surface area contributed by atoms with Crippen molar-refractivity contribution in [1.29, 1.82) is 0 Å². The van der Waals surface area contributed by atoms with Crippen molar-refractivity contribution in [2.75, 3.05) is 32.1 Å². The topological polar surface area (TPSA) is 67.3 Å². The van der Waals surface area contributed by atoms with Gasteiger partial charge in [-0.15, -0.1) is 0 Å². The number of carbonyl (C=O) groups excluding carboxylic acids is 1. The number of rotatable bonds is 4. The predicted molar refractivity (Wildman–Crippen MR) is 75.8 cm³/mol. The van der Waals surface area contributed by atoms with E-state index in [-0.39, 0.29) is 12.5 Å². The largest absolute Gasteiger partial charge is 0.497 e. The Morgan fingerprint density at radius 2 is 2.25 bits per heavy atom. The summed E-state index contributed by atoms with van der Waals surface area (Å²) >= 11 is 0. The minimum absolute atomic E-state index is 0.108. The summed E-state index contributed by atoms with van der Waals surface area (Å²) in [7, 11) is 1.62. The minimum atomic E-state index is 0.108. The van der Waals surface area contributed by atoms with Crippen molar-refractivity contribution in [3.05, 3.63) is 24.5 Å². The van der Waals surface area contributed by atoms with Crippen LogP contribution >= 0.6 is 0 Å². The first-order valence-corrected chi connectivity index (χ1v) is 6.58. The summed E-state index contributed by atoms with van der Waals surface area (Å²) in [5.74, 6) is 1.53. The number of nitrogens with one attached hydrogen (secondary N) is 1. The van der Waals surface area contributed by atoms with Crippen molar-refractivity contribution in [2.24, 2.45) is 0 Å². The molecule has 104 valence electrons. The third-order valence-corrected chi connectivity index (χ3v) is 3.46. The van der Waals surface area contributed by atoms with Crippen molar-refractivity contribution >= 4 is 22.6 Å². The molecule has 0 unspecified atom stereocenters. The lowest BCUT2D eigenvalue weighted by Gasteiger charge is -2.31. The first-order valence-electron chi connectivity index (χ1n) is 6.58. The number of nitrogens with zero attached hydrogens (tertiary/aromatic N) is 3. The van der Waals surface area contributed by atoms with Gasteiger partial charge in [-0.05, 0) is 18.6 Å². The Bertz CT molecular complexity index is 640. The average Bonchev–Trinajstić information content (AvgIpc) is 2.42. The number of fused-ring (bicyclic) bond motifs is 1. The Morgan fingerprint density at radius 3 is 2.95 bits per heavy atom. The van der Waals surface area contributed by atoms with Crippen LogP contribution in [-0.4, -0.2) is 47.5 Å². The van der Waals surface area contributed by atoms with Gasteiger partial charge in [0.05, 0.1) is 19.2 Å². The molecule has 1 aromatic carbocycles. The molecule has 0 saturated carbocycles. The van der Waals surface area contributed by atoms with Crippen LogP contribution in [0.5, 0.6) is 5.75 Å². The number of methoxy groups -OCH3 is 1. The number of hydrogen-bond acceptors (Lipinski definition) is 5. The number of amides is 1. The van der Waals surface area contributed by atoms with Crippen LogP contribution in [0.1, 0.15) is 6.42 Å². The molecule has 1 fully saturated rings. The second-order valence-electron chi connectivity index (χ2n) is 4.69. The first kappa shape index (κ1) is 12.7. The molecule has 0 bridgehead atoms. The fourth-order valence-electron chi connectivity index (χ4n) is 2.14. The zero-order valence-corrected chi connectivity index (χ0v) is 11.3. The van der Waals surface area contributed by atoms with E-state index in [1.807, 2.05) is 23.1 Å². The van der Waals surface area contributed by atoms with Gasteiger partial charge < -0.3 is 15.0 Å². The first-order chi connectivity index (χ1) is 9.78. The van der Waals surface area contributed by atoms with Crippen LogP contribution in [0, 0.1) is 0 Å². The molecule has 20 heavy (non-hydrogen) atoms. The van der Waals surface area contributed by atoms with Gasteiger partial charge in [0.1, 0.15) is 17.9 Å². The summed E-state index contributed by atoms with van der Waals surface area (Å²) in [4.78, 5) is 22.1. The maximum atomic E-state index is 11.8. The van der Waals surface area contributed by atoms with Gasteiger partial charge >= 0.3 is 0 Å². The Balaban J connectivity index is 1.78. The molecule has 1 N–H and O–H groups in total. The summed E-state index contributed by atoms with van der Waals surface area (Å²) in [6.07, 6.45) is 2.58. The molecule has 3 rings (SSSR count). The molecule has 0 spiro atoms. The van der Waals surface area contributed by atoms with E-state index in [9.17, 15) is 4.79 Å². The molecule has 1 saturated heterocycles. The number of hydrogen-bond donors (Lipinski definition) is 1. The minimum Gasteiger partial charge on any atom is -0.497 e. The fraction of sp³-hybridized carbons (Fsp3) is 0.357. The van der Waals surface area contributed by atoms with E-state index in [1.54, 1.807) is 7.11 Å². The Labute approximate surface area is 116 Å². The normalized spacial score (nSPS) is 13.9. The second kappa shape index (κ2) is 5.32. The molecular weight excluding hydrogens is 256 g/mol. The van der Waals surface area contributed by atoms with Crippen molar-refractivity contribution in [3.8, 4) is 5.75 Å². The van der Waals surface area contributed by atoms with Gasteiger partial charge in [0.2, 0.25) is 5.91 Å². The third-order valence-electron chi connectivity index (χ3n) is 3.46. The number of anilines is 1. The monoisotopic (exact) mass is 272 g/mol. The van der Waals surface area contributed by atoms with E-state index in [2.05, 4.69) is 15.3 Å². The van der Waals surface area contributed by atoms with E-state index in [0.29, 0.717) is 5.82 Å². The van der Waals surface area contributed by atoms with Crippen molar-refractivity contribution in [2.45, 2.75) is 6.42 Å². The molecule has 1 aliphatic rings. The number of likely N-dealkylation sites (tertiary alicyclic amines) is 1. The number of ether oxygens (including phenoxy) is 1. The van der Waals surface area contributed by atoms with Crippen LogP contribution in [-0.2, 0) is 4.79 Å². The highest BCUT2D eigenvalue weighted by Gasteiger charge is 2.19. The molecule has 1 aromatic heterocycles.